The van der Waals surface area contributed by atoms with Crippen molar-refractivity contribution >= 4 is 47.5 Å². The quantitative estimate of drug-likeness (QED) is 0.517. The Labute approximate surface area is 83.0 Å². The average molecular weight is 208 g/mol. The number of aliphatic imine (C=N–C) groups is 6. The Kier molecular flexibility index (Phi) is 1.37. The van der Waals surface area contributed by atoms with E-state index in [1.807, 2.05) is 0 Å². The first-order valence-corrected chi connectivity index (χ1v) is 4.06. The summed E-state index contributed by atoms with van der Waals surface area (Å²) in [5.74, 6) is 1.20. The predicted octanol–water partition coefficient (Wildman–Crippen LogP) is 0.0486. The molecule has 0 aromatic rings. The fourth-order valence-electron chi connectivity index (χ4n) is 1.14. The van der Waals surface area contributed by atoms with Crippen molar-refractivity contribution in [2.75, 3.05) is 0 Å². The van der Waals surface area contributed by atoms with Gasteiger partial charge in [0, 0.05) is 0 Å². The summed E-state index contributed by atoms with van der Waals surface area (Å²) in [5.41, 5.74) is 0. The first-order valence-electron chi connectivity index (χ1n) is 3.68. The second-order valence-electron chi connectivity index (χ2n) is 2.48. The summed E-state index contributed by atoms with van der Waals surface area (Å²) < 4.78 is 0. The summed E-state index contributed by atoms with van der Waals surface area (Å²) in [5, 5.41) is 0.101. The summed E-state index contributed by atoms with van der Waals surface area (Å²) >= 11 is 5.68. The molecule has 0 saturated heterocycles. The minimum atomic E-state index is 0.101. The lowest BCUT2D eigenvalue weighted by Gasteiger charge is -2.26. The van der Waals surface area contributed by atoms with Gasteiger partial charge in [-0.15, -0.1) is 0 Å². The molecule has 3 rings (SSSR count). The summed E-state index contributed by atoms with van der Waals surface area (Å²) in [7, 11) is 0. The van der Waals surface area contributed by atoms with Crippen LogP contribution in [0.25, 0.3) is 0 Å². The van der Waals surface area contributed by atoms with Gasteiger partial charge in [-0.3, -0.25) is 0 Å². The third kappa shape index (κ3) is 0.925. The van der Waals surface area contributed by atoms with Gasteiger partial charge in [0.25, 0.3) is 0 Å². The average Bonchev–Trinajstić information content (AvgIpc) is 2.18. The molecule has 0 aromatic carbocycles. The van der Waals surface area contributed by atoms with Crippen LogP contribution < -0.4 is 0 Å². The Morgan fingerprint density at radius 3 is 2.50 bits per heavy atom. The van der Waals surface area contributed by atoms with Crippen LogP contribution in [0.1, 0.15) is 0 Å². The van der Waals surface area contributed by atoms with Crippen LogP contribution in [0.4, 0.5) is 0 Å². The highest BCUT2D eigenvalue weighted by molar-refractivity contribution is 6.67. The van der Waals surface area contributed by atoms with Gasteiger partial charge in [-0.05, 0) is 11.6 Å². The topological polar surface area (TPSA) is 77.4 Å². The Hall–Kier alpha value is -1.89. The van der Waals surface area contributed by atoms with Crippen LogP contribution in [0.5, 0.6) is 0 Å². The SMILES string of the molecule is ClC1=NC2=NC=NC3=NC=NC(=N1)N32. The number of hydrogen-bond acceptors (Lipinski definition) is 7. The molecule has 7 nitrogen and oxygen atoms in total. The minimum Gasteiger partial charge on any atom is -0.213 e. The van der Waals surface area contributed by atoms with Crippen molar-refractivity contribution in [1.82, 2.24) is 4.90 Å². The Balaban J connectivity index is 2.23. The largest absolute Gasteiger partial charge is 0.243 e. The number of rotatable bonds is 0. The van der Waals surface area contributed by atoms with Crippen LogP contribution in [-0.2, 0) is 0 Å². The summed E-state index contributed by atoms with van der Waals surface area (Å²) in [4.78, 5) is 25.1. The van der Waals surface area contributed by atoms with E-state index in [0.29, 0.717) is 17.9 Å². The molecule has 3 heterocycles. The van der Waals surface area contributed by atoms with E-state index in [4.69, 9.17) is 11.6 Å². The minimum absolute atomic E-state index is 0.101. The number of guanidine groups is 3. The molecule has 0 spiro atoms. The number of halogens is 1. The third-order valence-electron chi connectivity index (χ3n) is 1.68. The molecule has 0 aromatic heterocycles. The van der Waals surface area contributed by atoms with E-state index < -0.39 is 0 Å². The van der Waals surface area contributed by atoms with Crippen LogP contribution >= 0.6 is 11.6 Å². The standard InChI is InChI=1S/C6H2ClN7/c7-3-12-5-10-1-8-4-9-2-11-6(13-3)14(4)5/h1-2H. The lowest BCUT2D eigenvalue weighted by molar-refractivity contribution is 0.835. The molecule has 0 bridgehead atoms. The molecular formula is C6H2ClN7. The molecule has 0 N–H and O–H groups in total. The molecule has 0 fully saturated rings. The Bertz CT molecular complexity index is 478. The van der Waals surface area contributed by atoms with Gasteiger partial charge >= 0.3 is 0 Å². The van der Waals surface area contributed by atoms with Gasteiger partial charge < -0.3 is 0 Å². The zero-order valence-electron chi connectivity index (χ0n) is 6.66. The number of amidine groups is 1. The Morgan fingerprint density at radius 2 is 1.64 bits per heavy atom. The molecule has 0 saturated carbocycles. The van der Waals surface area contributed by atoms with Gasteiger partial charge in [0.1, 0.15) is 12.7 Å². The van der Waals surface area contributed by atoms with E-state index in [1.54, 1.807) is 0 Å². The van der Waals surface area contributed by atoms with Gasteiger partial charge in [-0.25, -0.2) is 24.9 Å². The molecule has 3 aliphatic rings. The molecular weight excluding hydrogens is 206 g/mol. The highest BCUT2D eigenvalue weighted by Gasteiger charge is 2.30. The predicted molar refractivity (Wildman–Crippen MR) is 54.4 cm³/mol. The number of nitrogens with zero attached hydrogens (tertiary/aromatic N) is 7. The monoisotopic (exact) mass is 207 g/mol. The first kappa shape index (κ1) is 7.51. The maximum Gasteiger partial charge on any atom is 0.243 e. The zero-order chi connectivity index (χ0) is 9.54. The Morgan fingerprint density at radius 1 is 0.929 bits per heavy atom. The van der Waals surface area contributed by atoms with Crippen LogP contribution in [0, 0.1) is 0 Å². The third-order valence-corrected chi connectivity index (χ3v) is 1.85. The zero-order valence-corrected chi connectivity index (χ0v) is 7.42. The molecule has 3 aliphatic heterocycles. The molecule has 14 heavy (non-hydrogen) atoms. The fourth-order valence-corrected chi connectivity index (χ4v) is 1.30. The normalized spacial score (nSPS) is 22.2. The molecule has 0 atom stereocenters. The van der Waals surface area contributed by atoms with Crippen molar-refractivity contribution in [3.63, 3.8) is 0 Å². The lowest BCUT2D eigenvalue weighted by atomic mass is 10.5. The summed E-state index contributed by atoms with van der Waals surface area (Å²) in [6.07, 6.45) is 2.72. The second kappa shape index (κ2) is 2.55. The lowest BCUT2D eigenvalue weighted by Crippen LogP contribution is -2.45. The highest BCUT2D eigenvalue weighted by atomic mass is 35.5. The molecule has 8 heteroatoms. The van der Waals surface area contributed by atoms with E-state index >= 15 is 0 Å². The van der Waals surface area contributed by atoms with E-state index in [-0.39, 0.29) is 5.29 Å². The maximum atomic E-state index is 5.68. The van der Waals surface area contributed by atoms with Gasteiger partial charge in [0.2, 0.25) is 23.2 Å². The van der Waals surface area contributed by atoms with Crippen molar-refractivity contribution in [1.29, 1.82) is 0 Å². The van der Waals surface area contributed by atoms with Crippen molar-refractivity contribution in [2.45, 2.75) is 0 Å². The molecule has 0 unspecified atom stereocenters. The summed E-state index contributed by atoms with van der Waals surface area (Å²) in [6.45, 7) is 0. The van der Waals surface area contributed by atoms with Crippen LogP contribution in [-0.4, -0.2) is 40.8 Å². The van der Waals surface area contributed by atoms with Crippen LogP contribution in [0.3, 0.4) is 0 Å². The van der Waals surface area contributed by atoms with Crippen LogP contribution in [0.2, 0.25) is 0 Å². The molecule has 68 valence electrons. The highest BCUT2D eigenvalue weighted by Crippen LogP contribution is 2.14. The van der Waals surface area contributed by atoms with E-state index in [1.165, 1.54) is 17.6 Å². The van der Waals surface area contributed by atoms with E-state index in [2.05, 4.69) is 30.0 Å². The van der Waals surface area contributed by atoms with Gasteiger partial charge in [0.05, 0.1) is 0 Å². The first-order chi connectivity index (χ1) is 6.84. The van der Waals surface area contributed by atoms with E-state index in [9.17, 15) is 0 Å². The summed E-state index contributed by atoms with van der Waals surface area (Å²) in [6, 6.07) is 0. The molecule has 0 aliphatic carbocycles. The molecule has 0 amide bonds. The van der Waals surface area contributed by atoms with Gasteiger partial charge in [-0.1, -0.05) is 0 Å². The molecule has 0 radical (unpaired) electrons. The van der Waals surface area contributed by atoms with E-state index in [0.717, 1.165) is 0 Å². The van der Waals surface area contributed by atoms with Crippen molar-refractivity contribution in [2.24, 2.45) is 30.0 Å². The number of hydrogen-bond donors (Lipinski definition) is 0. The van der Waals surface area contributed by atoms with Crippen molar-refractivity contribution < 1.29 is 0 Å². The van der Waals surface area contributed by atoms with Crippen molar-refractivity contribution in [3.05, 3.63) is 0 Å². The smallest absolute Gasteiger partial charge is 0.213 e. The maximum absolute atomic E-state index is 5.68. The van der Waals surface area contributed by atoms with Crippen LogP contribution in [0.15, 0.2) is 30.0 Å². The van der Waals surface area contributed by atoms with Gasteiger partial charge in [-0.2, -0.15) is 9.98 Å². The van der Waals surface area contributed by atoms with Crippen molar-refractivity contribution in [3.8, 4) is 0 Å². The second-order valence-corrected chi connectivity index (χ2v) is 2.81. The van der Waals surface area contributed by atoms with Gasteiger partial charge in [0.15, 0.2) is 0 Å². The fraction of sp³-hybridized carbons (Fsp3) is 0.